The number of rotatable bonds is 3. The predicted octanol–water partition coefficient (Wildman–Crippen LogP) is 1.36. The summed E-state index contributed by atoms with van der Waals surface area (Å²) in [4.78, 5) is 28.3. The molecule has 0 aromatic heterocycles. The van der Waals surface area contributed by atoms with Crippen molar-refractivity contribution >= 4 is 17.5 Å². The van der Waals surface area contributed by atoms with Crippen molar-refractivity contribution in [2.45, 2.75) is 38.3 Å². The lowest BCUT2D eigenvalue weighted by atomic mass is 9.86. The first-order valence-electron chi connectivity index (χ1n) is 9.11. The summed E-state index contributed by atoms with van der Waals surface area (Å²) >= 11 is 0. The van der Waals surface area contributed by atoms with Gasteiger partial charge in [0.2, 0.25) is 5.91 Å². The van der Waals surface area contributed by atoms with E-state index in [4.69, 9.17) is 0 Å². The minimum atomic E-state index is -0.524. The highest BCUT2D eigenvalue weighted by atomic mass is 19.1. The van der Waals surface area contributed by atoms with Crippen LogP contribution in [-0.4, -0.2) is 61.5 Å². The van der Waals surface area contributed by atoms with E-state index in [0.29, 0.717) is 24.1 Å². The molecule has 0 aliphatic carbocycles. The second kappa shape index (κ2) is 7.23. The minimum absolute atomic E-state index is 0.0110. The van der Waals surface area contributed by atoms with Gasteiger partial charge in [-0.2, -0.15) is 0 Å². The van der Waals surface area contributed by atoms with Gasteiger partial charge in [0.25, 0.3) is 5.91 Å². The van der Waals surface area contributed by atoms with Crippen LogP contribution in [0.3, 0.4) is 0 Å². The van der Waals surface area contributed by atoms with E-state index >= 15 is 0 Å². The van der Waals surface area contributed by atoms with Crippen molar-refractivity contribution in [2.24, 2.45) is 0 Å². The average Bonchev–Trinajstić information content (AvgIpc) is 2.57. The number of halogens is 1. The first kappa shape index (κ1) is 18.6. The molecule has 7 heteroatoms. The fourth-order valence-corrected chi connectivity index (χ4v) is 3.59. The molecule has 26 heavy (non-hydrogen) atoms. The maximum absolute atomic E-state index is 14.6. The second-order valence-corrected chi connectivity index (χ2v) is 7.79. The van der Waals surface area contributed by atoms with Gasteiger partial charge in [0.15, 0.2) is 0 Å². The molecule has 142 valence electrons. The molecule has 2 saturated heterocycles. The lowest BCUT2D eigenvalue weighted by Crippen LogP contribution is -2.62. The lowest BCUT2D eigenvalue weighted by molar-refractivity contribution is -0.125. The van der Waals surface area contributed by atoms with Crippen LogP contribution in [0.2, 0.25) is 0 Å². The molecule has 1 aromatic carbocycles. The number of amides is 2. The highest BCUT2D eigenvalue weighted by Crippen LogP contribution is 2.23. The van der Waals surface area contributed by atoms with E-state index in [1.807, 2.05) is 18.7 Å². The molecule has 2 aliphatic rings. The van der Waals surface area contributed by atoms with Gasteiger partial charge in [0.1, 0.15) is 5.82 Å². The van der Waals surface area contributed by atoms with Crippen LogP contribution in [-0.2, 0) is 4.79 Å². The summed E-state index contributed by atoms with van der Waals surface area (Å²) in [7, 11) is 2.05. The third-order valence-corrected chi connectivity index (χ3v) is 5.35. The van der Waals surface area contributed by atoms with Crippen molar-refractivity contribution in [3.05, 3.63) is 29.6 Å². The van der Waals surface area contributed by atoms with E-state index in [9.17, 15) is 14.0 Å². The van der Waals surface area contributed by atoms with Crippen molar-refractivity contribution in [1.82, 2.24) is 15.5 Å². The molecule has 0 radical (unpaired) electrons. The van der Waals surface area contributed by atoms with E-state index in [1.165, 1.54) is 6.07 Å². The molecule has 6 nitrogen and oxygen atoms in total. The molecular formula is C19H27FN4O2. The Kier molecular flexibility index (Phi) is 5.18. The van der Waals surface area contributed by atoms with Gasteiger partial charge < -0.3 is 20.4 Å². The van der Waals surface area contributed by atoms with E-state index in [2.05, 4.69) is 22.6 Å². The Morgan fingerprint density at radius 3 is 2.58 bits per heavy atom. The van der Waals surface area contributed by atoms with Gasteiger partial charge >= 0.3 is 0 Å². The highest BCUT2D eigenvalue weighted by molar-refractivity contribution is 5.95. The van der Waals surface area contributed by atoms with Gasteiger partial charge in [-0.1, -0.05) is 0 Å². The van der Waals surface area contributed by atoms with Crippen LogP contribution in [0.25, 0.3) is 0 Å². The van der Waals surface area contributed by atoms with Crippen molar-refractivity contribution in [1.29, 1.82) is 0 Å². The fourth-order valence-electron chi connectivity index (χ4n) is 3.59. The first-order chi connectivity index (χ1) is 12.3. The van der Waals surface area contributed by atoms with Gasteiger partial charge in [0, 0.05) is 38.2 Å². The number of piperazine rings is 1. The molecule has 2 aliphatic heterocycles. The van der Waals surface area contributed by atoms with Gasteiger partial charge in [-0.15, -0.1) is 0 Å². The number of hydrogen-bond acceptors (Lipinski definition) is 4. The summed E-state index contributed by atoms with van der Waals surface area (Å²) in [5, 5.41) is 5.83. The second-order valence-electron chi connectivity index (χ2n) is 7.79. The zero-order valence-electron chi connectivity index (χ0n) is 15.6. The molecule has 0 spiro atoms. The number of nitrogens with zero attached hydrogens (tertiary/aromatic N) is 2. The first-order valence-corrected chi connectivity index (χ1v) is 9.11. The van der Waals surface area contributed by atoms with Gasteiger partial charge in [0.05, 0.1) is 17.3 Å². The van der Waals surface area contributed by atoms with Crippen LogP contribution in [0, 0.1) is 5.82 Å². The maximum atomic E-state index is 14.6. The standard InChI is InChI=1S/C19H27FN4O2/c1-19(2)16(6-7-17(25)22-19)21-18(26)13-4-5-15(14(20)12-13)24-10-8-23(3)9-11-24/h4-5,12,16H,6-11H2,1-3H3,(H,21,26)(H,22,25). The van der Waals surface area contributed by atoms with Crippen LogP contribution >= 0.6 is 0 Å². The predicted molar refractivity (Wildman–Crippen MR) is 98.8 cm³/mol. The molecule has 2 amide bonds. The molecule has 0 saturated carbocycles. The summed E-state index contributed by atoms with van der Waals surface area (Å²) in [6.45, 7) is 7.09. The molecule has 3 rings (SSSR count). The highest BCUT2D eigenvalue weighted by Gasteiger charge is 2.36. The number of carbonyl (C=O) groups is 2. The van der Waals surface area contributed by atoms with Crippen molar-refractivity contribution in [2.75, 3.05) is 38.1 Å². The summed E-state index contributed by atoms with van der Waals surface area (Å²) in [6.07, 6.45) is 0.956. The monoisotopic (exact) mass is 362 g/mol. The van der Waals surface area contributed by atoms with Crippen molar-refractivity contribution in [3.63, 3.8) is 0 Å². The summed E-state index contributed by atoms with van der Waals surface area (Å²) in [6, 6.07) is 4.47. The number of carbonyl (C=O) groups excluding carboxylic acids is 2. The van der Waals surface area contributed by atoms with E-state index < -0.39 is 5.54 Å². The van der Waals surface area contributed by atoms with Gasteiger partial charge in [-0.25, -0.2) is 4.39 Å². The number of benzene rings is 1. The van der Waals surface area contributed by atoms with E-state index in [-0.39, 0.29) is 23.7 Å². The van der Waals surface area contributed by atoms with Crippen LogP contribution in [0.4, 0.5) is 10.1 Å². The lowest BCUT2D eigenvalue weighted by Gasteiger charge is -2.39. The number of anilines is 1. The number of hydrogen-bond donors (Lipinski definition) is 2. The van der Waals surface area contributed by atoms with Crippen LogP contribution < -0.4 is 15.5 Å². The Morgan fingerprint density at radius 1 is 1.27 bits per heavy atom. The summed E-state index contributed by atoms with van der Waals surface area (Å²) in [5.41, 5.74) is 0.316. The van der Waals surface area contributed by atoms with Crippen LogP contribution in [0.1, 0.15) is 37.0 Å². The molecule has 1 atom stereocenters. The SMILES string of the molecule is CN1CCN(c2ccc(C(=O)NC3CCC(=O)NC3(C)C)cc2F)CC1. The Balaban J connectivity index is 1.68. The number of nitrogens with one attached hydrogen (secondary N) is 2. The van der Waals surface area contributed by atoms with E-state index in [0.717, 1.165) is 26.2 Å². The van der Waals surface area contributed by atoms with Gasteiger partial charge in [-0.3, -0.25) is 9.59 Å². The van der Waals surface area contributed by atoms with Crippen LogP contribution in [0.5, 0.6) is 0 Å². The summed E-state index contributed by atoms with van der Waals surface area (Å²) in [5.74, 6) is -0.704. The third kappa shape index (κ3) is 3.98. The third-order valence-electron chi connectivity index (χ3n) is 5.35. The zero-order chi connectivity index (χ0) is 18.9. The average molecular weight is 362 g/mol. The van der Waals surface area contributed by atoms with Crippen molar-refractivity contribution < 1.29 is 14.0 Å². The number of likely N-dealkylation sites (N-methyl/N-ethyl adjacent to an activating group) is 1. The zero-order valence-corrected chi connectivity index (χ0v) is 15.6. The normalized spacial score (nSPS) is 23.5. The molecule has 0 bridgehead atoms. The molecule has 2 heterocycles. The van der Waals surface area contributed by atoms with Crippen molar-refractivity contribution in [3.8, 4) is 0 Å². The molecule has 1 unspecified atom stereocenters. The maximum Gasteiger partial charge on any atom is 0.251 e. The molecule has 1 aromatic rings. The van der Waals surface area contributed by atoms with E-state index in [1.54, 1.807) is 12.1 Å². The molecule has 2 N–H and O–H groups in total. The number of piperidine rings is 1. The summed E-state index contributed by atoms with van der Waals surface area (Å²) < 4.78 is 14.6. The molecule has 2 fully saturated rings. The largest absolute Gasteiger partial charge is 0.367 e. The Bertz CT molecular complexity index is 699. The quantitative estimate of drug-likeness (QED) is 0.852. The minimum Gasteiger partial charge on any atom is -0.367 e. The molecular weight excluding hydrogens is 335 g/mol. The fraction of sp³-hybridized carbons (Fsp3) is 0.579. The Labute approximate surface area is 153 Å². The Hall–Kier alpha value is -2.15. The topological polar surface area (TPSA) is 64.7 Å². The Morgan fingerprint density at radius 2 is 1.96 bits per heavy atom. The smallest absolute Gasteiger partial charge is 0.251 e. The van der Waals surface area contributed by atoms with Crippen LogP contribution in [0.15, 0.2) is 18.2 Å². The van der Waals surface area contributed by atoms with Gasteiger partial charge in [-0.05, 0) is 45.5 Å².